The van der Waals surface area contributed by atoms with Crippen LogP contribution in [-0.4, -0.2) is 16.8 Å². The van der Waals surface area contributed by atoms with E-state index in [0.29, 0.717) is 41.4 Å². The van der Waals surface area contributed by atoms with E-state index in [1.54, 1.807) is 60.8 Å². The number of pyridine rings is 1. The minimum absolute atomic E-state index is 0.281. The molecule has 1 aliphatic rings. The smallest absolute Gasteiger partial charge is 0.240 e. The third kappa shape index (κ3) is 4.21. The molecule has 2 amide bonds. The lowest BCUT2D eigenvalue weighted by molar-refractivity contribution is -0.131. The summed E-state index contributed by atoms with van der Waals surface area (Å²) in [7, 11) is 0. The Bertz CT molecular complexity index is 1330. The lowest BCUT2D eigenvalue weighted by Crippen LogP contribution is -2.35. The van der Waals surface area contributed by atoms with Crippen molar-refractivity contribution in [2.45, 2.75) is 12.8 Å². The van der Waals surface area contributed by atoms with E-state index in [1.165, 1.54) is 0 Å². The van der Waals surface area contributed by atoms with Gasteiger partial charge in [0.1, 0.15) is 16.9 Å². The van der Waals surface area contributed by atoms with Crippen molar-refractivity contribution in [2.75, 3.05) is 16.4 Å². The summed E-state index contributed by atoms with van der Waals surface area (Å²) in [6.45, 7) is 0. The van der Waals surface area contributed by atoms with Gasteiger partial charge < -0.3 is 21.1 Å². The Labute approximate surface area is 190 Å². The number of nitrogen functional groups attached to an aromatic ring is 1. The SMILES string of the molecule is Nc1ccc2c(Oc3ccc(NC(=O)C4(C(=O)Nc5ccccc5)CC4)cc3)ccnc2c1. The number of ether oxygens (including phenoxy) is 1. The highest BCUT2D eigenvalue weighted by atomic mass is 16.5. The molecule has 0 unspecified atom stereocenters. The Morgan fingerprint density at radius 2 is 1.52 bits per heavy atom. The number of carbonyl (C=O) groups is 2. The van der Waals surface area contributed by atoms with Crippen LogP contribution in [0.5, 0.6) is 11.5 Å². The van der Waals surface area contributed by atoms with Crippen molar-refractivity contribution >= 4 is 39.8 Å². The number of para-hydroxylation sites is 1. The number of aromatic nitrogens is 1. The normalized spacial score (nSPS) is 13.8. The van der Waals surface area contributed by atoms with Crippen LogP contribution in [0.1, 0.15) is 12.8 Å². The Morgan fingerprint density at radius 3 is 2.18 bits per heavy atom. The maximum Gasteiger partial charge on any atom is 0.240 e. The van der Waals surface area contributed by atoms with E-state index in [9.17, 15) is 9.59 Å². The van der Waals surface area contributed by atoms with E-state index in [4.69, 9.17) is 10.5 Å². The average molecular weight is 438 g/mol. The van der Waals surface area contributed by atoms with Crippen molar-refractivity contribution in [3.8, 4) is 11.5 Å². The molecule has 0 bridgehead atoms. The van der Waals surface area contributed by atoms with Crippen LogP contribution in [0.2, 0.25) is 0 Å². The third-order valence-corrected chi connectivity index (χ3v) is 5.72. The van der Waals surface area contributed by atoms with Gasteiger partial charge in [-0.3, -0.25) is 14.6 Å². The maximum atomic E-state index is 12.9. The van der Waals surface area contributed by atoms with Crippen LogP contribution in [0.3, 0.4) is 0 Å². The van der Waals surface area contributed by atoms with Gasteiger partial charge in [0.15, 0.2) is 0 Å². The fraction of sp³-hybridized carbons (Fsp3) is 0.115. The van der Waals surface area contributed by atoms with Gasteiger partial charge in [-0.05, 0) is 73.5 Å². The predicted octanol–water partition coefficient (Wildman–Crippen LogP) is 4.97. The van der Waals surface area contributed by atoms with Gasteiger partial charge in [0, 0.05) is 28.6 Å². The minimum atomic E-state index is -1.02. The van der Waals surface area contributed by atoms with Gasteiger partial charge in [-0.15, -0.1) is 0 Å². The number of rotatable bonds is 6. The van der Waals surface area contributed by atoms with Gasteiger partial charge in [0.05, 0.1) is 5.52 Å². The molecule has 33 heavy (non-hydrogen) atoms. The van der Waals surface area contributed by atoms with Crippen molar-refractivity contribution < 1.29 is 14.3 Å². The standard InChI is InChI=1S/C26H22N4O3/c27-17-6-11-21-22(16-17)28-15-12-23(21)33-20-9-7-19(8-10-20)30-25(32)26(13-14-26)24(31)29-18-4-2-1-3-5-18/h1-12,15-16H,13-14,27H2,(H,29,31)(H,30,32). The highest BCUT2D eigenvalue weighted by Gasteiger charge is 2.56. The predicted molar refractivity (Wildman–Crippen MR) is 128 cm³/mol. The summed E-state index contributed by atoms with van der Waals surface area (Å²) in [4.78, 5) is 29.9. The zero-order valence-electron chi connectivity index (χ0n) is 17.7. The van der Waals surface area contributed by atoms with Crippen LogP contribution in [0.25, 0.3) is 10.9 Å². The van der Waals surface area contributed by atoms with E-state index in [2.05, 4.69) is 15.6 Å². The van der Waals surface area contributed by atoms with E-state index in [0.717, 1.165) is 10.9 Å². The molecule has 1 aliphatic carbocycles. The molecule has 0 radical (unpaired) electrons. The zero-order valence-corrected chi connectivity index (χ0v) is 17.7. The number of hydrogen-bond donors (Lipinski definition) is 3. The molecule has 0 atom stereocenters. The van der Waals surface area contributed by atoms with Crippen molar-refractivity contribution in [3.63, 3.8) is 0 Å². The molecule has 5 rings (SSSR count). The number of nitrogens with zero attached hydrogens (tertiary/aromatic N) is 1. The fourth-order valence-corrected chi connectivity index (χ4v) is 3.67. The second kappa shape index (κ2) is 8.27. The molecule has 0 aliphatic heterocycles. The van der Waals surface area contributed by atoms with Crippen LogP contribution in [0.15, 0.2) is 85.1 Å². The second-order valence-electron chi connectivity index (χ2n) is 8.07. The molecular weight excluding hydrogens is 416 g/mol. The summed E-state index contributed by atoms with van der Waals surface area (Å²) >= 11 is 0. The Morgan fingerprint density at radius 1 is 0.848 bits per heavy atom. The van der Waals surface area contributed by atoms with E-state index >= 15 is 0 Å². The number of nitrogens with two attached hydrogens (primary N) is 1. The van der Waals surface area contributed by atoms with Crippen molar-refractivity contribution in [1.82, 2.24) is 4.98 Å². The number of hydrogen-bond acceptors (Lipinski definition) is 5. The first-order chi connectivity index (χ1) is 16.0. The molecule has 0 saturated heterocycles. The molecule has 7 nitrogen and oxygen atoms in total. The van der Waals surface area contributed by atoms with Crippen LogP contribution in [-0.2, 0) is 9.59 Å². The summed E-state index contributed by atoms with van der Waals surface area (Å²) in [6, 6.07) is 23.4. The molecule has 164 valence electrons. The van der Waals surface area contributed by atoms with Crippen LogP contribution < -0.4 is 21.1 Å². The molecule has 1 aromatic heterocycles. The van der Waals surface area contributed by atoms with Gasteiger partial charge in [0.2, 0.25) is 11.8 Å². The number of amides is 2. The molecule has 0 spiro atoms. The van der Waals surface area contributed by atoms with E-state index < -0.39 is 5.41 Å². The largest absolute Gasteiger partial charge is 0.457 e. The molecule has 4 aromatic rings. The third-order valence-electron chi connectivity index (χ3n) is 5.72. The summed E-state index contributed by atoms with van der Waals surface area (Å²) in [5, 5.41) is 6.54. The van der Waals surface area contributed by atoms with Crippen LogP contribution >= 0.6 is 0 Å². The topological polar surface area (TPSA) is 106 Å². The summed E-state index contributed by atoms with van der Waals surface area (Å²) in [5.41, 5.74) is 7.47. The Kier molecular flexibility index (Phi) is 5.14. The van der Waals surface area contributed by atoms with Gasteiger partial charge in [-0.1, -0.05) is 18.2 Å². The Hall–Kier alpha value is -4.39. The van der Waals surface area contributed by atoms with E-state index in [1.807, 2.05) is 24.3 Å². The van der Waals surface area contributed by atoms with Gasteiger partial charge >= 0.3 is 0 Å². The van der Waals surface area contributed by atoms with E-state index in [-0.39, 0.29) is 11.8 Å². The van der Waals surface area contributed by atoms with Crippen LogP contribution in [0, 0.1) is 5.41 Å². The lowest BCUT2D eigenvalue weighted by atomic mass is 10.0. The fourth-order valence-electron chi connectivity index (χ4n) is 3.67. The lowest BCUT2D eigenvalue weighted by Gasteiger charge is -2.16. The number of benzene rings is 3. The van der Waals surface area contributed by atoms with Gasteiger partial charge in [-0.25, -0.2) is 0 Å². The molecule has 3 aromatic carbocycles. The monoisotopic (exact) mass is 438 g/mol. The molecule has 7 heteroatoms. The summed E-state index contributed by atoms with van der Waals surface area (Å²) in [6.07, 6.45) is 2.72. The zero-order chi connectivity index (χ0) is 22.8. The Balaban J connectivity index is 1.26. The van der Waals surface area contributed by atoms with Crippen LogP contribution in [0.4, 0.5) is 17.1 Å². The first kappa shape index (κ1) is 20.5. The molecular formula is C26H22N4O3. The highest BCUT2D eigenvalue weighted by Crippen LogP contribution is 2.47. The summed E-state index contributed by atoms with van der Waals surface area (Å²) < 4.78 is 6.02. The quantitative estimate of drug-likeness (QED) is 0.291. The molecule has 1 heterocycles. The summed E-state index contributed by atoms with van der Waals surface area (Å²) in [5.74, 6) is 0.685. The first-order valence-corrected chi connectivity index (χ1v) is 10.6. The first-order valence-electron chi connectivity index (χ1n) is 10.6. The number of nitrogens with one attached hydrogen (secondary N) is 2. The second-order valence-corrected chi connectivity index (χ2v) is 8.07. The number of carbonyl (C=O) groups excluding carboxylic acids is 2. The highest BCUT2D eigenvalue weighted by molar-refractivity contribution is 6.16. The molecule has 1 fully saturated rings. The van der Waals surface area contributed by atoms with Gasteiger partial charge in [0.25, 0.3) is 0 Å². The maximum absolute atomic E-state index is 12.9. The van der Waals surface area contributed by atoms with Crippen molar-refractivity contribution in [1.29, 1.82) is 0 Å². The van der Waals surface area contributed by atoms with Crippen molar-refractivity contribution in [3.05, 3.63) is 85.1 Å². The van der Waals surface area contributed by atoms with Gasteiger partial charge in [-0.2, -0.15) is 0 Å². The minimum Gasteiger partial charge on any atom is -0.457 e. The average Bonchev–Trinajstić information content (AvgIpc) is 3.63. The van der Waals surface area contributed by atoms with Crippen molar-refractivity contribution in [2.24, 2.45) is 5.41 Å². The number of fused-ring (bicyclic) bond motifs is 1. The molecule has 4 N–H and O–H groups in total. The number of anilines is 3. The molecule has 1 saturated carbocycles.